The first-order chi connectivity index (χ1) is 5.77. The maximum atomic E-state index is 10.9. The zero-order valence-electron chi connectivity index (χ0n) is 6.44. The average Bonchev–Trinajstić information content (AvgIpc) is 2.17. The Morgan fingerprint density at radius 3 is 3.08 bits per heavy atom. The van der Waals surface area contributed by atoms with E-state index in [1.807, 2.05) is 0 Å². The van der Waals surface area contributed by atoms with Crippen molar-refractivity contribution in [3.63, 3.8) is 0 Å². The summed E-state index contributed by atoms with van der Waals surface area (Å²) in [6, 6.07) is 2.89. The molecule has 1 rings (SSSR count). The van der Waals surface area contributed by atoms with Gasteiger partial charge in [-0.3, -0.25) is 0 Å². The first-order valence-electron chi connectivity index (χ1n) is 3.19. The maximum absolute atomic E-state index is 10.9. The van der Waals surface area contributed by atoms with Crippen LogP contribution in [0.4, 0.5) is 5.82 Å². The van der Waals surface area contributed by atoms with Gasteiger partial charge in [0, 0.05) is 0 Å². The lowest BCUT2D eigenvalue weighted by Crippen LogP contribution is -2.00. The molecular formula is C8H6N2O2. The van der Waals surface area contributed by atoms with Crippen LogP contribution in [0.15, 0.2) is 18.3 Å². The van der Waals surface area contributed by atoms with Gasteiger partial charge < -0.3 is 9.58 Å². The van der Waals surface area contributed by atoms with E-state index in [4.69, 9.17) is 6.57 Å². The van der Waals surface area contributed by atoms with E-state index in [2.05, 4.69) is 14.6 Å². The van der Waals surface area contributed by atoms with Crippen molar-refractivity contribution in [3.8, 4) is 0 Å². The minimum atomic E-state index is -0.456. The molecule has 1 aromatic rings. The summed E-state index contributed by atoms with van der Waals surface area (Å²) < 4.78 is 4.47. The largest absolute Gasteiger partial charge is 0.465 e. The van der Waals surface area contributed by atoms with E-state index >= 15 is 0 Å². The highest BCUT2D eigenvalue weighted by atomic mass is 16.5. The Morgan fingerprint density at radius 1 is 1.75 bits per heavy atom. The summed E-state index contributed by atoms with van der Waals surface area (Å²) in [5.41, 5.74) is 0.346. The maximum Gasteiger partial charge on any atom is 0.336 e. The smallest absolute Gasteiger partial charge is 0.336 e. The van der Waals surface area contributed by atoms with Gasteiger partial charge in [0.05, 0.1) is 12.7 Å². The van der Waals surface area contributed by atoms with Gasteiger partial charge in [0.15, 0.2) is 0 Å². The summed E-state index contributed by atoms with van der Waals surface area (Å²) in [5, 5.41) is 0. The highest BCUT2D eigenvalue weighted by molar-refractivity contribution is 5.89. The van der Waals surface area contributed by atoms with E-state index < -0.39 is 5.97 Å². The first kappa shape index (κ1) is 8.21. The van der Waals surface area contributed by atoms with E-state index in [-0.39, 0.29) is 5.82 Å². The van der Waals surface area contributed by atoms with Crippen LogP contribution >= 0.6 is 0 Å². The van der Waals surface area contributed by atoms with Gasteiger partial charge in [-0.2, -0.15) is 0 Å². The molecule has 12 heavy (non-hydrogen) atoms. The molecule has 0 aromatic carbocycles. The highest BCUT2D eigenvalue weighted by Gasteiger charge is 2.05. The van der Waals surface area contributed by atoms with Gasteiger partial charge in [0.1, 0.15) is 6.20 Å². The second-order valence-electron chi connectivity index (χ2n) is 2.01. The topological polar surface area (TPSA) is 43.5 Å². The number of pyridine rings is 1. The number of nitrogens with zero attached hydrogens (tertiary/aromatic N) is 2. The number of aromatic nitrogens is 1. The normalized spacial score (nSPS) is 8.67. The molecule has 0 radical (unpaired) electrons. The summed E-state index contributed by atoms with van der Waals surface area (Å²) in [4.78, 5) is 17.7. The van der Waals surface area contributed by atoms with Crippen molar-refractivity contribution in [2.75, 3.05) is 7.11 Å². The van der Waals surface area contributed by atoms with Crippen LogP contribution in [0.2, 0.25) is 0 Å². The quantitative estimate of drug-likeness (QED) is 0.463. The van der Waals surface area contributed by atoms with Gasteiger partial charge in [-0.25, -0.2) is 4.79 Å². The van der Waals surface area contributed by atoms with Crippen molar-refractivity contribution >= 4 is 11.8 Å². The molecule has 4 nitrogen and oxygen atoms in total. The summed E-state index contributed by atoms with van der Waals surface area (Å²) in [7, 11) is 1.29. The van der Waals surface area contributed by atoms with Crippen LogP contribution in [0.25, 0.3) is 4.85 Å². The fourth-order valence-electron chi connectivity index (χ4n) is 0.724. The third-order valence-electron chi connectivity index (χ3n) is 1.28. The Hall–Kier alpha value is -1.89. The molecule has 0 aliphatic carbocycles. The Balaban J connectivity index is 3.04. The summed E-state index contributed by atoms with van der Waals surface area (Å²) in [5.74, 6) is -0.264. The third kappa shape index (κ3) is 1.58. The van der Waals surface area contributed by atoms with Crippen LogP contribution < -0.4 is 0 Å². The standard InChI is InChI=1S/C8H6N2O2/c1-9-7-5-6(3-4-10-7)8(11)12-2/h3-5H,2H3. The zero-order valence-corrected chi connectivity index (χ0v) is 6.44. The lowest BCUT2D eigenvalue weighted by Gasteiger charge is -1.96. The van der Waals surface area contributed by atoms with Gasteiger partial charge in [0.2, 0.25) is 0 Å². The zero-order chi connectivity index (χ0) is 8.97. The molecule has 60 valence electrons. The van der Waals surface area contributed by atoms with E-state index in [0.29, 0.717) is 5.56 Å². The van der Waals surface area contributed by atoms with Crippen molar-refractivity contribution in [1.29, 1.82) is 0 Å². The van der Waals surface area contributed by atoms with Crippen molar-refractivity contribution in [2.24, 2.45) is 0 Å². The molecule has 0 bridgehead atoms. The molecule has 0 saturated heterocycles. The van der Waals surface area contributed by atoms with Gasteiger partial charge >= 0.3 is 5.97 Å². The number of ether oxygens (including phenoxy) is 1. The molecule has 1 heterocycles. The molecule has 0 fully saturated rings. The van der Waals surface area contributed by atoms with Crippen LogP contribution in [0.1, 0.15) is 10.4 Å². The number of carbonyl (C=O) groups excluding carboxylic acids is 1. The van der Waals surface area contributed by atoms with Crippen molar-refractivity contribution < 1.29 is 9.53 Å². The van der Waals surface area contributed by atoms with Gasteiger partial charge in [0.25, 0.3) is 5.82 Å². The molecule has 0 aliphatic rings. The number of esters is 1. The number of rotatable bonds is 1. The Bertz CT molecular complexity index is 341. The summed E-state index contributed by atoms with van der Waals surface area (Å²) in [6.07, 6.45) is 1.40. The lowest BCUT2D eigenvalue weighted by molar-refractivity contribution is 0.0600. The van der Waals surface area contributed by atoms with E-state index in [0.717, 1.165) is 0 Å². The molecule has 1 aromatic heterocycles. The van der Waals surface area contributed by atoms with Gasteiger partial charge in [-0.1, -0.05) is 6.57 Å². The van der Waals surface area contributed by atoms with Gasteiger partial charge in [-0.15, -0.1) is 4.98 Å². The third-order valence-corrected chi connectivity index (χ3v) is 1.28. The van der Waals surface area contributed by atoms with Crippen LogP contribution in [0.5, 0.6) is 0 Å². The second kappa shape index (κ2) is 3.49. The second-order valence-corrected chi connectivity index (χ2v) is 2.01. The van der Waals surface area contributed by atoms with E-state index in [1.165, 1.54) is 25.4 Å². The fraction of sp³-hybridized carbons (Fsp3) is 0.125. The molecule has 0 N–H and O–H groups in total. The van der Waals surface area contributed by atoms with Gasteiger partial charge in [-0.05, 0) is 12.1 Å². The van der Waals surface area contributed by atoms with Crippen molar-refractivity contribution in [3.05, 3.63) is 35.3 Å². The predicted octanol–water partition coefficient (Wildman–Crippen LogP) is 1.42. The van der Waals surface area contributed by atoms with Crippen molar-refractivity contribution in [2.45, 2.75) is 0 Å². The minimum Gasteiger partial charge on any atom is -0.465 e. The molecule has 0 atom stereocenters. The fourth-order valence-corrected chi connectivity index (χ4v) is 0.724. The minimum absolute atomic E-state index is 0.193. The first-order valence-corrected chi connectivity index (χ1v) is 3.19. The lowest BCUT2D eigenvalue weighted by atomic mass is 10.3. The summed E-state index contributed by atoms with van der Waals surface area (Å²) >= 11 is 0. The molecule has 0 spiro atoms. The molecule has 0 unspecified atom stereocenters. The Kier molecular flexibility index (Phi) is 2.38. The predicted molar refractivity (Wildman–Crippen MR) is 41.8 cm³/mol. The number of hydrogen-bond donors (Lipinski definition) is 0. The van der Waals surface area contributed by atoms with Crippen LogP contribution in [-0.4, -0.2) is 18.1 Å². The van der Waals surface area contributed by atoms with E-state index in [9.17, 15) is 4.79 Å². The number of methoxy groups -OCH3 is 1. The monoisotopic (exact) mass is 162 g/mol. The molecular weight excluding hydrogens is 156 g/mol. The summed E-state index contributed by atoms with van der Waals surface area (Å²) in [6.45, 7) is 6.65. The van der Waals surface area contributed by atoms with Crippen LogP contribution in [-0.2, 0) is 4.74 Å². The molecule has 0 aliphatic heterocycles. The number of carbonyl (C=O) groups is 1. The van der Waals surface area contributed by atoms with Crippen LogP contribution in [0.3, 0.4) is 0 Å². The molecule has 0 amide bonds. The Labute approximate surface area is 69.6 Å². The Morgan fingerprint density at radius 2 is 2.50 bits per heavy atom. The highest BCUT2D eigenvalue weighted by Crippen LogP contribution is 2.10. The SMILES string of the molecule is [C-]#[N+]c1cc(C(=O)OC)ccn1. The molecule has 0 saturated carbocycles. The number of hydrogen-bond acceptors (Lipinski definition) is 3. The molecule has 4 heteroatoms. The van der Waals surface area contributed by atoms with Crippen LogP contribution in [0, 0.1) is 6.57 Å². The van der Waals surface area contributed by atoms with E-state index in [1.54, 1.807) is 0 Å². The van der Waals surface area contributed by atoms with Crippen molar-refractivity contribution in [1.82, 2.24) is 4.98 Å². The average molecular weight is 162 g/mol.